The van der Waals surface area contributed by atoms with Crippen LogP contribution >= 0.6 is 0 Å². The minimum absolute atomic E-state index is 0.0185. The average molecular weight is 283 g/mol. The molecule has 20 heavy (non-hydrogen) atoms. The van der Waals surface area contributed by atoms with Crippen molar-refractivity contribution in [1.82, 2.24) is 20.8 Å². The summed E-state index contributed by atoms with van der Waals surface area (Å²) in [4.78, 5) is 11.7. The summed E-state index contributed by atoms with van der Waals surface area (Å²) >= 11 is 0. The number of hydrogen-bond donors (Lipinski definition) is 3. The fourth-order valence-corrected chi connectivity index (χ4v) is 1.64. The van der Waals surface area contributed by atoms with E-state index >= 15 is 0 Å². The molecule has 0 spiro atoms. The number of anilines is 1. The third-order valence-corrected chi connectivity index (χ3v) is 3.03. The molecule has 0 aromatic carbocycles. The molecule has 1 rings (SSSR count). The van der Waals surface area contributed by atoms with Crippen molar-refractivity contribution in [2.45, 2.75) is 40.2 Å². The summed E-state index contributed by atoms with van der Waals surface area (Å²) in [6.45, 7) is 9.09. The summed E-state index contributed by atoms with van der Waals surface area (Å²) < 4.78 is 5.52. The first-order valence-electron chi connectivity index (χ1n) is 6.93. The Morgan fingerprint density at radius 3 is 2.70 bits per heavy atom. The molecule has 114 valence electrons. The molecule has 0 bridgehead atoms. The lowest BCUT2D eigenvalue weighted by Gasteiger charge is -2.21. The first-order chi connectivity index (χ1) is 9.40. The number of carbonyl (C=O) groups is 1. The number of amides is 1. The summed E-state index contributed by atoms with van der Waals surface area (Å²) in [6, 6.07) is 0.354. The molecule has 0 saturated carbocycles. The first-order valence-corrected chi connectivity index (χ1v) is 6.93. The molecule has 1 heterocycles. The van der Waals surface area contributed by atoms with Gasteiger partial charge in [-0.2, -0.15) is 0 Å². The maximum atomic E-state index is 11.7. The zero-order valence-electron chi connectivity index (χ0n) is 12.9. The lowest BCUT2D eigenvalue weighted by atomic mass is 9.92. The fraction of sp³-hybridized carbons (Fsp3) is 0.769. The van der Waals surface area contributed by atoms with Crippen molar-refractivity contribution in [2.24, 2.45) is 5.41 Å². The lowest BCUT2D eigenvalue weighted by molar-refractivity contribution is -0.128. The van der Waals surface area contributed by atoms with Crippen molar-refractivity contribution >= 4 is 11.9 Å². The summed E-state index contributed by atoms with van der Waals surface area (Å²) in [5.74, 6) is 0.501. The molecule has 1 aromatic rings. The van der Waals surface area contributed by atoms with Crippen LogP contribution in [-0.2, 0) is 4.79 Å². The Hall–Kier alpha value is -1.63. The largest absolute Gasteiger partial charge is 0.406 e. The number of nitrogens with zero attached hydrogens (tertiary/aromatic N) is 2. The number of rotatable bonds is 8. The lowest BCUT2D eigenvalue weighted by Crippen LogP contribution is -2.39. The molecule has 1 unspecified atom stereocenters. The second kappa shape index (κ2) is 7.23. The third kappa shape index (κ3) is 4.48. The van der Waals surface area contributed by atoms with Gasteiger partial charge in [-0.15, -0.1) is 5.10 Å². The van der Waals surface area contributed by atoms with E-state index in [9.17, 15) is 4.79 Å². The van der Waals surface area contributed by atoms with Gasteiger partial charge in [-0.1, -0.05) is 12.0 Å². The first kappa shape index (κ1) is 16.4. The van der Waals surface area contributed by atoms with E-state index in [0.717, 1.165) is 13.0 Å². The van der Waals surface area contributed by atoms with E-state index in [1.165, 1.54) is 0 Å². The number of hydrogen-bond acceptors (Lipinski definition) is 6. The van der Waals surface area contributed by atoms with E-state index in [1.807, 2.05) is 20.8 Å². The molecule has 1 atom stereocenters. The molecule has 7 nitrogen and oxygen atoms in total. The van der Waals surface area contributed by atoms with Crippen LogP contribution in [-0.4, -0.2) is 36.2 Å². The summed E-state index contributed by atoms with van der Waals surface area (Å²) in [7, 11) is 1.62. The molecule has 0 aliphatic heterocycles. The van der Waals surface area contributed by atoms with Crippen molar-refractivity contribution in [3.05, 3.63) is 5.89 Å². The van der Waals surface area contributed by atoms with Crippen molar-refractivity contribution in [3.8, 4) is 0 Å². The monoisotopic (exact) mass is 283 g/mol. The zero-order valence-corrected chi connectivity index (χ0v) is 12.9. The molecule has 0 radical (unpaired) electrons. The van der Waals surface area contributed by atoms with Gasteiger partial charge in [0.05, 0.1) is 11.5 Å². The van der Waals surface area contributed by atoms with Gasteiger partial charge in [-0.05, 0) is 33.7 Å². The molecule has 0 aliphatic carbocycles. The van der Waals surface area contributed by atoms with Crippen molar-refractivity contribution in [3.63, 3.8) is 0 Å². The molecule has 0 fully saturated rings. The quantitative estimate of drug-likeness (QED) is 0.666. The van der Waals surface area contributed by atoms with Crippen LogP contribution in [0, 0.1) is 5.41 Å². The second-order valence-electron chi connectivity index (χ2n) is 5.44. The minimum atomic E-state index is -0.546. The summed E-state index contributed by atoms with van der Waals surface area (Å²) in [6.07, 6.45) is 1.05. The van der Waals surface area contributed by atoms with E-state index < -0.39 is 5.41 Å². The van der Waals surface area contributed by atoms with Gasteiger partial charge in [0.1, 0.15) is 0 Å². The highest BCUT2D eigenvalue weighted by molar-refractivity contribution is 5.82. The molecule has 7 heteroatoms. The van der Waals surface area contributed by atoms with Gasteiger partial charge in [0.2, 0.25) is 11.8 Å². The standard InChI is InChI=1S/C13H25N5O2/c1-6-7-15-9(2)10-17-18-12(20-10)16-8-13(3,4)11(19)14-5/h9,15H,6-8H2,1-5H3,(H,14,19)(H,16,18). The predicted octanol–water partition coefficient (Wildman–Crippen LogP) is 1.31. The Labute approximate surface area is 119 Å². The minimum Gasteiger partial charge on any atom is -0.406 e. The molecule has 0 aliphatic rings. The molecular formula is C13H25N5O2. The highest BCUT2D eigenvalue weighted by Crippen LogP contribution is 2.18. The Bertz CT molecular complexity index is 430. The van der Waals surface area contributed by atoms with E-state index in [-0.39, 0.29) is 11.9 Å². The second-order valence-corrected chi connectivity index (χ2v) is 5.44. The molecule has 3 N–H and O–H groups in total. The fourth-order valence-electron chi connectivity index (χ4n) is 1.64. The normalized spacial score (nSPS) is 13.1. The zero-order chi connectivity index (χ0) is 15.2. The van der Waals surface area contributed by atoms with E-state index in [1.54, 1.807) is 7.05 Å². The van der Waals surface area contributed by atoms with E-state index in [2.05, 4.69) is 33.1 Å². The van der Waals surface area contributed by atoms with Crippen molar-refractivity contribution in [2.75, 3.05) is 25.5 Å². The number of nitrogens with one attached hydrogen (secondary N) is 3. The Balaban J connectivity index is 2.54. The molecule has 1 amide bonds. The van der Waals surface area contributed by atoms with Crippen LogP contribution < -0.4 is 16.0 Å². The highest BCUT2D eigenvalue weighted by atomic mass is 16.4. The van der Waals surface area contributed by atoms with Gasteiger partial charge in [-0.3, -0.25) is 4.79 Å². The van der Waals surface area contributed by atoms with Gasteiger partial charge >= 0.3 is 6.01 Å². The molecule has 0 saturated heterocycles. The Morgan fingerprint density at radius 1 is 1.40 bits per heavy atom. The SMILES string of the molecule is CCCNC(C)c1nnc(NCC(C)(C)C(=O)NC)o1. The van der Waals surface area contributed by atoms with Crippen molar-refractivity contribution < 1.29 is 9.21 Å². The van der Waals surface area contributed by atoms with Crippen LogP contribution in [0.1, 0.15) is 46.0 Å². The highest BCUT2D eigenvalue weighted by Gasteiger charge is 2.27. The van der Waals surface area contributed by atoms with Crippen LogP contribution in [0.2, 0.25) is 0 Å². The van der Waals surface area contributed by atoms with Crippen LogP contribution in [0.15, 0.2) is 4.42 Å². The van der Waals surface area contributed by atoms with Crippen LogP contribution in [0.5, 0.6) is 0 Å². The summed E-state index contributed by atoms with van der Waals surface area (Å²) in [5.41, 5.74) is -0.546. The number of carbonyl (C=O) groups excluding carboxylic acids is 1. The van der Waals surface area contributed by atoms with E-state index in [0.29, 0.717) is 18.5 Å². The van der Waals surface area contributed by atoms with Gasteiger partial charge in [-0.25, -0.2) is 0 Å². The van der Waals surface area contributed by atoms with Crippen LogP contribution in [0.25, 0.3) is 0 Å². The van der Waals surface area contributed by atoms with E-state index in [4.69, 9.17) is 4.42 Å². The van der Waals surface area contributed by atoms with Crippen LogP contribution in [0.4, 0.5) is 6.01 Å². The smallest absolute Gasteiger partial charge is 0.315 e. The Morgan fingerprint density at radius 2 is 2.10 bits per heavy atom. The van der Waals surface area contributed by atoms with Gasteiger partial charge in [0.15, 0.2) is 0 Å². The topological polar surface area (TPSA) is 92.1 Å². The maximum Gasteiger partial charge on any atom is 0.315 e. The van der Waals surface area contributed by atoms with Crippen molar-refractivity contribution in [1.29, 1.82) is 0 Å². The average Bonchev–Trinajstić information content (AvgIpc) is 2.90. The Kier molecular flexibility index (Phi) is 5.94. The maximum absolute atomic E-state index is 11.7. The van der Waals surface area contributed by atoms with Gasteiger partial charge < -0.3 is 20.4 Å². The third-order valence-electron chi connectivity index (χ3n) is 3.03. The van der Waals surface area contributed by atoms with Crippen LogP contribution in [0.3, 0.4) is 0 Å². The number of aromatic nitrogens is 2. The predicted molar refractivity (Wildman–Crippen MR) is 77.3 cm³/mol. The molecule has 1 aromatic heterocycles. The summed E-state index contributed by atoms with van der Waals surface area (Å²) in [5, 5.41) is 16.8. The van der Waals surface area contributed by atoms with Gasteiger partial charge in [0.25, 0.3) is 0 Å². The van der Waals surface area contributed by atoms with Gasteiger partial charge in [0, 0.05) is 13.6 Å². The molecular weight excluding hydrogens is 258 g/mol.